The van der Waals surface area contributed by atoms with Crippen molar-refractivity contribution in [3.63, 3.8) is 0 Å². The van der Waals surface area contributed by atoms with Gasteiger partial charge in [-0.25, -0.2) is 9.59 Å². The Morgan fingerprint density at radius 3 is 2.28 bits per heavy atom. The van der Waals surface area contributed by atoms with Gasteiger partial charge in [-0.15, -0.1) is 0 Å². The summed E-state index contributed by atoms with van der Waals surface area (Å²) in [6.45, 7) is 9.32. The molecule has 0 saturated heterocycles. The summed E-state index contributed by atoms with van der Waals surface area (Å²) in [6.07, 6.45) is -0.263. The zero-order valence-electron chi connectivity index (χ0n) is 17.1. The maximum atomic E-state index is 12.7. The average Bonchev–Trinajstić information content (AvgIpc) is 2.64. The summed E-state index contributed by atoms with van der Waals surface area (Å²) in [6, 6.07) is 13.6. The van der Waals surface area contributed by atoms with E-state index in [9.17, 15) is 9.59 Å². The molecule has 152 valence electrons. The molecule has 0 N–H and O–H groups in total. The zero-order chi connectivity index (χ0) is 21.2. The predicted molar refractivity (Wildman–Crippen MR) is 110 cm³/mol. The molecule has 0 spiro atoms. The molecule has 0 unspecified atom stereocenters. The molecule has 3 rings (SSSR count). The number of hydrogen-bond donors (Lipinski definition) is 0. The molecule has 0 saturated carbocycles. The molecule has 6 heteroatoms. The minimum absolute atomic E-state index is 0.148. The van der Waals surface area contributed by atoms with Gasteiger partial charge >= 0.3 is 11.6 Å². The van der Waals surface area contributed by atoms with Crippen molar-refractivity contribution in [2.45, 2.75) is 46.3 Å². The fourth-order valence-corrected chi connectivity index (χ4v) is 2.73. The smallest absolute Gasteiger partial charge is 0.383 e. The highest BCUT2D eigenvalue weighted by atomic mass is 16.6. The van der Waals surface area contributed by atoms with Crippen molar-refractivity contribution in [1.29, 1.82) is 0 Å². The first-order chi connectivity index (χ1) is 13.7. The van der Waals surface area contributed by atoms with Crippen LogP contribution in [0.25, 0.3) is 11.0 Å². The van der Waals surface area contributed by atoms with Gasteiger partial charge in [0, 0.05) is 0 Å². The molecule has 0 atom stereocenters. The average molecular weight is 396 g/mol. The summed E-state index contributed by atoms with van der Waals surface area (Å²) >= 11 is 0. The van der Waals surface area contributed by atoms with Gasteiger partial charge in [0.25, 0.3) is 5.75 Å². The van der Waals surface area contributed by atoms with E-state index in [2.05, 4.69) is 0 Å². The molecule has 2 aromatic carbocycles. The number of rotatable bonds is 5. The van der Waals surface area contributed by atoms with Crippen molar-refractivity contribution < 1.29 is 23.4 Å². The van der Waals surface area contributed by atoms with Crippen LogP contribution in [-0.4, -0.2) is 17.7 Å². The highest BCUT2D eigenvalue weighted by molar-refractivity contribution is 5.94. The number of benzene rings is 2. The number of para-hydroxylation sites is 1. The van der Waals surface area contributed by atoms with Crippen LogP contribution in [0, 0.1) is 0 Å². The molecule has 0 bridgehead atoms. The topological polar surface area (TPSA) is 75.0 Å². The number of carbonyl (C=O) groups is 1. The minimum Gasteiger partial charge on any atom is -0.486 e. The number of ether oxygens (including phenoxy) is 3. The Labute approximate surface area is 169 Å². The van der Waals surface area contributed by atoms with E-state index in [-0.39, 0.29) is 23.2 Å². The monoisotopic (exact) mass is 396 g/mol. The minimum atomic E-state index is -0.817. The maximum absolute atomic E-state index is 12.7. The van der Waals surface area contributed by atoms with E-state index < -0.39 is 17.2 Å². The fraction of sp³-hybridized carbons (Fsp3) is 0.304. The van der Waals surface area contributed by atoms with Crippen LogP contribution in [0.2, 0.25) is 0 Å². The first-order valence-electron chi connectivity index (χ1n) is 9.38. The normalized spacial score (nSPS) is 11.5. The molecule has 0 aliphatic rings. The van der Waals surface area contributed by atoms with Crippen LogP contribution in [0.5, 0.6) is 17.2 Å². The van der Waals surface area contributed by atoms with Gasteiger partial charge in [-0.2, -0.15) is 0 Å². The Balaban J connectivity index is 2.16. The molecule has 0 amide bonds. The molecule has 0 radical (unpaired) electrons. The summed E-state index contributed by atoms with van der Waals surface area (Å²) in [7, 11) is 0. The summed E-state index contributed by atoms with van der Waals surface area (Å²) in [5.41, 5.74) is -0.762. The van der Waals surface area contributed by atoms with Crippen molar-refractivity contribution in [2.75, 3.05) is 0 Å². The molecule has 0 aliphatic heterocycles. The molecule has 1 aromatic heterocycles. The van der Waals surface area contributed by atoms with E-state index in [1.54, 1.807) is 48.5 Å². The van der Waals surface area contributed by atoms with Crippen LogP contribution in [0.3, 0.4) is 0 Å². The van der Waals surface area contributed by atoms with Crippen LogP contribution in [0.4, 0.5) is 0 Å². The third kappa shape index (κ3) is 4.77. The second kappa shape index (κ2) is 7.99. The van der Waals surface area contributed by atoms with E-state index in [0.29, 0.717) is 16.7 Å². The lowest BCUT2D eigenvalue weighted by molar-refractivity contribution is 0.0718. The summed E-state index contributed by atoms with van der Waals surface area (Å²) < 4.78 is 22.7. The van der Waals surface area contributed by atoms with Gasteiger partial charge in [0.1, 0.15) is 5.60 Å². The first kappa shape index (κ1) is 20.5. The maximum Gasteiger partial charge on any atom is 0.383 e. The molecule has 6 nitrogen and oxygen atoms in total. The quantitative estimate of drug-likeness (QED) is 0.447. The predicted octanol–water partition coefficient (Wildman–Crippen LogP) is 4.98. The lowest BCUT2D eigenvalue weighted by Gasteiger charge is -2.22. The van der Waals surface area contributed by atoms with Gasteiger partial charge in [-0.3, -0.25) is 0 Å². The van der Waals surface area contributed by atoms with E-state index in [1.165, 1.54) is 0 Å². The van der Waals surface area contributed by atoms with Crippen molar-refractivity contribution >= 4 is 16.9 Å². The molecule has 29 heavy (non-hydrogen) atoms. The molecular weight excluding hydrogens is 372 g/mol. The summed E-state index contributed by atoms with van der Waals surface area (Å²) in [5, 5.41) is 0.482. The SMILES string of the molecule is CC(C)Oc1c(OC(=O)c2ccccc2)c(=O)oc2c(OC(C)(C)C)cccc12. The van der Waals surface area contributed by atoms with Gasteiger partial charge in [-0.05, 0) is 58.9 Å². The lowest BCUT2D eigenvalue weighted by atomic mass is 10.1. The third-order valence-electron chi connectivity index (χ3n) is 3.78. The van der Waals surface area contributed by atoms with Gasteiger partial charge < -0.3 is 18.6 Å². The summed E-state index contributed by atoms with van der Waals surface area (Å²) in [5.74, 6) is -0.405. The zero-order valence-corrected chi connectivity index (χ0v) is 17.1. The van der Waals surface area contributed by atoms with Crippen LogP contribution in [0.15, 0.2) is 57.7 Å². The van der Waals surface area contributed by atoms with Gasteiger partial charge in [-0.1, -0.05) is 24.3 Å². The first-order valence-corrected chi connectivity index (χ1v) is 9.38. The van der Waals surface area contributed by atoms with E-state index in [4.69, 9.17) is 18.6 Å². The molecule has 1 heterocycles. The Morgan fingerprint density at radius 1 is 0.966 bits per heavy atom. The molecular formula is C23H24O6. The van der Waals surface area contributed by atoms with E-state index in [1.807, 2.05) is 34.6 Å². The number of fused-ring (bicyclic) bond motifs is 1. The Kier molecular flexibility index (Phi) is 5.64. The van der Waals surface area contributed by atoms with Crippen molar-refractivity contribution in [3.05, 3.63) is 64.5 Å². The Bertz CT molecular complexity index is 1070. The van der Waals surface area contributed by atoms with Crippen molar-refractivity contribution in [2.24, 2.45) is 0 Å². The van der Waals surface area contributed by atoms with Crippen LogP contribution < -0.4 is 19.8 Å². The number of carbonyl (C=O) groups excluding carboxylic acids is 1. The lowest BCUT2D eigenvalue weighted by Crippen LogP contribution is -2.23. The second-order valence-corrected chi connectivity index (χ2v) is 7.82. The van der Waals surface area contributed by atoms with Crippen molar-refractivity contribution in [3.8, 4) is 17.2 Å². The third-order valence-corrected chi connectivity index (χ3v) is 3.78. The highest BCUT2D eigenvalue weighted by Crippen LogP contribution is 2.38. The van der Waals surface area contributed by atoms with Crippen molar-refractivity contribution in [1.82, 2.24) is 0 Å². The standard InChI is InChI=1S/C23H24O6/c1-14(2)26-19-16-12-9-13-17(29-23(3,4)5)18(16)27-22(25)20(19)28-21(24)15-10-7-6-8-11-15/h6-14H,1-5H3. The Hall–Kier alpha value is -3.28. The van der Waals surface area contributed by atoms with E-state index >= 15 is 0 Å². The highest BCUT2D eigenvalue weighted by Gasteiger charge is 2.25. The van der Waals surface area contributed by atoms with Gasteiger partial charge in [0.2, 0.25) is 0 Å². The number of esters is 1. The molecule has 0 aliphatic carbocycles. The van der Waals surface area contributed by atoms with Gasteiger partial charge in [0.15, 0.2) is 17.1 Å². The van der Waals surface area contributed by atoms with Crippen LogP contribution in [0.1, 0.15) is 45.0 Å². The largest absolute Gasteiger partial charge is 0.486 e. The van der Waals surface area contributed by atoms with E-state index in [0.717, 1.165) is 0 Å². The Morgan fingerprint density at radius 2 is 1.66 bits per heavy atom. The van der Waals surface area contributed by atoms with Crippen LogP contribution >= 0.6 is 0 Å². The summed E-state index contributed by atoms with van der Waals surface area (Å²) in [4.78, 5) is 25.3. The number of hydrogen-bond acceptors (Lipinski definition) is 6. The molecule has 0 fully saturated rings. The molecule has 3 aromatic rings. The second-order valence-electron chi connectivity index (χ2n) is 7.82. The van der Waals surface area contributed by atoms with Gasteiger partial charge in [0.05, 0.1) is 17.1 Å². The fourth-order valence-electron chi connectivity index (χ4n) is 2.73. The van der Waals surface area contributed by atoms with Crippen LogP contribution in [-0.2, 0) is 0 Å².